The number of fused-ring (bicyclic) bond motifs is 1. The maximum Gasteiger partial charge on any atom is 0.0257 e. The predicted molar refractivity (Wildman–Crippen MR) is 58.0 cm³/mol. The fourth-order valence-electron chi connectivity index (χ4n) is 3.88. The number of nitrogens with two attached hydrogens (primary N) is 1. The summed E-state index contributed by atoms with van der Waals surface area (Å²) in [6.07, 6.45) is 7.23. The van der Waals surface area contributed by atoms with Gasteiger partial charge in [-0.15, -0.1) is 0 Å². The van der Waals surface area contributed by atoms with Gasteiger partial charge in [0.25, 0.3) is 0 Å². The molecule has 4 rings (SSSR count). The first-order valence-electron chi connectivity index (χ1n) is 6.28. The molecule has 2 saturated heterocycles. The summed E-state index contributed by atoms with van der Waals surface area (Å²) in [5.74, 6) is 1.81. The molecule has 2 N–H and O–H groups in total. The van der Waals surface area contributed by atoms with Crippen LogP contribution in [0.2, 0.25) is 0 Å². The Morgan fingerprint density at radius 3 is 2.50 bits per heavy atom. The Hall–Kier alpha value is -0.0800. The molecule has 0 aromatic rings. The highest BCUT2D eigenvalue weighted by Gasteiger charge is 2.51. The van der Waals surface area contributed by atoms with Crippen LogP contribution in [-0.4, -0.2) is 29.6 Å². The molecule has 4 atom stereocenters. The van der Waals surface area contributed by atoms with Crippen molar-refractivity contribution >= 4 is 0 Å². The Balaban J connectivity index is 1.65. The lowest BCUT2D eigenvalue weighted by Crippen LogP contribution is -2.51. The molecule has 0 amide bonds. The summed E-state index contributed by atoms with van der Waals surface area (Å²) in [5, 5.41) is 0. The van der Waals surface area contributed by atoms with Gasteiger partial charge in [-0.05, 0) is 38.0 Å². The molecule has 4 fully saturated rings. The summed E-state index contributed by atoms with van der Waals surface area (Å²) in [6, 6.07) is 2.07. The van der Waals surface area contributed by atoms with Gasteiger partial charge < -0.3 is 5.73 Å². The van der Waals surface area contributed by atoms with Gasteiger partial charge in [0, 0.05) is 24.7 Å². The van der Waals surface area contributed by atoms with Crippen LogP contribution >= 0.6 is 0 Å². The van der Waals surface area contributed by atoms with E-state index in [0.29, 0.717) is 6.04 Å². The van der Waals surface area contributed by atoms with Crippen LogP contribution in [0.15, 0.2) is 0 Å². The van der Waals surface area contributed by atoms with Crippen LogP contribution in [0, 0.1) is 11.8 Å². The molecule has 2 bridgehead atoms. The number of hydrogen-bond acceptors (Lipinski definition) is 2. The van der Waals surface area contributed by atoms with Gasteiger partial charge in [0.15, 0.2) is 0 Å². The zero-order valence-corrected chi connectivity index (χ0v) is 9.15. The lowest BCUT2D eigenvalue weighted by atomic mass is 9.80. The Kier molecular flexibility index (Phi) is 2.10. The molecule has 0 aromatic heterocycles. The van der Waals surface area contributed by atoms with E-state index >= 15 is 0 Å². The van der Waals surface area contributed by atoms with Crippen molar-refractivity contribution in [2.24, 2.45) is 17.6 Å². The number of rotatable bonds is 2. The third kappa shape index (κ3) is 1.17. The third-order valence-corrected chi connectivity index (χ3v) is 5.01. The van der Waals surface area contributed by atoms with E-state index in [1.165, 1.54) is 38.6 Å². The summed E-state index contributed by atoms with van der Waals surface area (Å²) in [5.41, 5.74) is 6.11. The van der Waals surface area contributed by atoms with Crippen molar-refractivity contribution in [1.82, 2.24) is 4.90 Å². The lowest BCUT2D eigenvalue weighted by Gasteiger charge is -2.37. The lowest BCUT2D eigenvalue weighted by molar-refractivity contribution is 0.135. The summed E-state index contributed by atoms with van der Waals surface area (Å²) < 4.78 is 0. The molecule has 2 saturated carbocycles. The summed E-state index contributed by atoms with van der Waals surface area (Å²) in [6.45, 7) is 3.73. The smallest absolute Gasteiger partial charge is 0.0257 e. The normalized spacial score (nSPS) is 45.4. The zero-order valence-electron chi connectivity index (χ0n) is 9.15. The van der Waals surface area contributed by atoms with Gasteiger partial charge in [-0.1, -0.05) is 12.8 Å². The van der Waals surface area contributed by atoms with Gasteiger partial charge in [-0.25, -0.2) is 0 Å². The summed E-state index contributed by atoms with van der Waals surface area (Å²) in [7, 11) is 0. The van der Waals surface area contributed by atoms with Gasteiger partial charge in [0.05, 0.1) is 0 Å². The Morgan fingerprint density at radius 2 is 2.00 bits per heavy atom. The minimum atomic E-state index is 0.513. The second-order valence-electron chi connectivity index (χ2n) is 5.62. The Bertz CT molecular complexity index is 222. The van der Waals surface area contributed by atoms with Crippen LogP contribution in [0.1, 0.15) is 39.0 Å². The van der Waals surface area contributed by atoms with Crippen molar-refractivity contribution in [2.75, 3.05) is 6.54 Å². The SMILES string of the molecule is CC(C1CCCC1)N1CC2CC1C2N. The molecular formula is C12H22N2. The van der Waals surface area contributed by atoms with Crippen molar-refractivity contribution in [3.8, 4) is 0 Å². The van der Waals surface area contributed by atoms with E-state index in [0.717, 1.165) is 23.9 Å². The molecule has 4 unspecified atom stereocenters. The van der Waals surface area contributed by atoms with Crippen LogP contribution in [0.25, 0.3) is 0 Å². The van der Waals surface area contributed by atoms with Crippen molar-refractivity contribution in [1.29, 1.82) is 0 Å². The first kappa shape index (κ1) is 9.17. The van der Waals surface area contributed by atoms with E-state index in [2.05, 4.69) is 11.8 Å². The van der Waals surface area contributed by atoms with Crippen molar-refractivity contribution in [3.05, 3.63) is 0 Å². The Morgan fingerprint density at radius 1 is 1.29 bits per heavy atom. The van der Waals surface area contributed by atoms with Crippen molar-refractivity contribution < 1.29 is 0 Å². The van der Waals surface area contributed by atoms with Crippen molar-refractivity contribution in [2.45, 2.75) is 57.2 Å². The van der Waals surface area contributed by atoms with Gasteiger partial charge >= 0.3 is 0 Å². The summed E-state index contributed by atoms with van der Waals surface area (Å²) >= 11 is 0. The first-order chi connectivity index (χ1) is 6.77. The van der Waals surface area contributed by atoms with E-state index in [9.17, 15) is 0 Å². The maximum absolute atomic E-state index is 6.11. The van der Waals surface area contributed by atoms with Gasteiger partial charge in [0.1, 0.15) is 0 Å². The van der Waals surface area contributed by atoms with E-state index in [1.807, 2.05) is 0 Å². The molecule has 0 aromatic carbocycles. The minimum Gasteiger partial charge on any atom is -0.326 e. The molecule has 2 aliphatic heterocycles. The van der Waals surface area contributed by atoms with Crippen LogP contribution in [-0.2, 0) is 0 Å². The van der Waals surface area contributed by atoms with Gasteiger partial charge in [0.2, 0.25) is 0 Å². The van der Waals surface area contributed by atoms with Crippen LogP contribution in [0.4, 0.5) is 0 Å². The van der Waals surface area contributed by atoms with E-state index in [1.54, 1.807) is 0 Å². The zero-order chi connectivity index (χ0) is 9.71. The highest BCUT2D eigenvalue weighted by Crippen LogP contribution is 2.43. The fourth-order valence-corrected chi connectivity index (χ4v) is 3.88. The molecular weight excluding hydrogens is 172 g/mol. The molecule has 2 heterocycles. The molecule has 0 spiro atoms. The van der Waals surface area contributed by atoms with Gasteiger partial charge in [-0.2, -0.15) is 0 Å². The molecule has 2 nitrogen and oxygen atoms in total. The quantitative estimate of drug-likeness (QED) is 0.723. The fraction of sp³-hybridized carbons (Fsp3) is 1.00. The maximum atomic E-state index is 6.11. The minimum absolute atomic E-state index is 0.513. The van der Waals surface area contributed by atoms with E-state index in [-0.39, 0.29) is 0 Å². The van der Waals surface area contributed by atoms with Crippen molar-refractivity contribution in [3.63, 3.8) is 0 Å². The van der Waals surface area contributed by atoms with Crippen LogP contribution in [0.3, 0.4) is 0 Å². The topological polar surface area (TPSA) is 29.3 Å². The first-order valence-corrected chi connectivity index (χ1v) is 6.28. The average molecular weight is 194 g/mol. The molecule has 4 aliphatic rings. The highest BCUT2D eigenvalue weighted by atomic mass is 15.3. The van der Waals surface area contributed by atoms with E-state index in [4.69, 9.17) is 5.73 Å². The summed E-state index contributed by atoms with van der Waals surface area (Å²) in [4.78, 5) is 2.71. The molecule has 2 aliphatic carbocycles. The molecule has 2 heteroatoms. The standard InChI is InChI=1S/C12H22N2/c1-8(9-4-2-3-5-9)14-7-10-6-11(14)12(10)13/h8-12H,2-7,13H2,1H3. The monoisotopic (exact) mass is 194 g/mol. The number of nitrogens with zero attached hydrogens (tertiary/aromatic N) is 1. The van der Waals surface area contributed by atoms with E-state index < -0.39 is 0 Å². The van der Waals surface area contributed by atoms with Crippen LogP contribution in [0.5, 0.6) is 0 Å². The van der Waals surface area contributed by atoms with Crippen LogP contribution < -0.4 is 5.73 Å². The second-order valence-corrected chi connectivity index (χ2v) is 5.62. The predicted octanol–water partition coefficient (Wildman–Crippen LogP) is 1.60. The largest absolute Gasteiger partial charge is 0.326 e. The third-order valence-electron chi connectivity index (χ3n) is 5.01. The highest BCUT2D eigenvalue weighted by molar-refractivity contribution is 5.09. The average Bonchev–Trinajstić information content (AvgIpc) is 2.89. The number of hydrogen-bond donors (Lipinski definition) is 1. The molecule has 0 radical (unpaired) electrons. The van der Waals surface area contributed by atoms with Gasteiger partial charge in [-0.3, -0.25) is 4.90 Å². The molecule has 80 valence electrons. The molecule has 14 heavy (non-hydrogen) atoms. The Labute approximate surface area is 86.8 Å². The second kappa shape index (κ2) is 3.21.